The second kappa shape index (κ2) is 6.04. The van der Waals surface area contributed by atoms with Crippen LogP contribution in [0.2, 0.25) is 0 Å². The summed E-state index contributed by atoms with van der Waals surface area (Å²) in [5.74, 6) is 0.144. The maximum Gasteiger partial charge on any atom is 0.231 e. The van der Waals surface area contributed by atoms with Gasteiger partial charge in [0.15, 0.2) is 5.96 Å². The Bertz CT molecular complexity index is 858. The van der Waals surface area contributed by atoms with Crippen LogP contribution in [0.25, 0.3) is 0 Å². The summed E-state index contributed by atoms with van der Waals surface area (Å²) in [5, 5.41) is 13.0. The molecule has 1 aliphatic heterocycles. The Kier molecular flexibility index (Phi) is 4.03. The molecule has 1 atom stereocenters. The summed E-state index contributed by atoms with van der Waals surface area (Å²) < 4.78 is 4.85. The van der Waals surface area contributed by atoms with Gasteiger partial charge in [-0.1, -0.05) is 11.2 Å². The number of hydrogen-bond donors (Lipinski definition) is 3. The highest BCUT2D eigenvalue weighted by molar-refractivity contribution is 6.12. The summed E-state index contributed by atoms with van der Waals surface area (Å²) in [6.45, 7) is 1.90. The Hall–Kier alpha value is -3.16. The first-order valence-corrected chi connectivity index (χ1v) is 7.82. The SMILES string of the molecule is CNc1cc([C@]2(C)CC(=O)N(C)C(N)=N2)ccc1C(=[NH2+])c1cnoc1. The average Bonchev–Trinajstić information content (AvgIpc) is 3.13. The lowest BCUT2D eigenvalue weighted by atomic mass is 9.86. The number of hydrogen-bond acceptors (Lipinski definition) is 6. The molecule has 1 aromatic carbocycles. The van der Waals surface area contributed by atoms with E-state index in [9.17, 15) is 4.79 Å². The van der Waals surface area contributed by atoms with Gasteiger partial charge < -0.3 is 15.6 Å². The monoisotopic (exact) mass is 341 g/mol. The molecule has 25 heavy (non-hydrogen) atoms. The van der Waals surface area contributed by atoms with Crippen molar-refractivity contribution >= 4 is 23.3 Å². The fourth-order valence-electron chi connectivity index (χ4n) is 2.89. The van der Waals surface area contributed by atoms with Crippen molar-refractivity contribution in [2.24, 2.45) is 10.7 Å². The first-order chi connectivity index (χ1) is 11.9. The molecule has 5 N–H and O–H groups in total. The summed E-state index contributed by atoms with van der Waals surface area (Å²) >= 11 is 0. The summed E-state index contributed by atoms with van der Waals surface area (Å²) in [7, 11) is 3.43. The molecule has 1 aromatic heterocycles. The first kappa shape index (κ1) is 16.7. The van der Waals surface area contributed by atoms with Gasteiger partial charge in [0.05, 0.1) is 23.7 Å². The van der Waals surface area contributed by atoms with Crippen LogP contribution in [0.4, 0.5) is 5.69 Å². The minimum atomic E-state index is -0.718. The van der Waals surface area contributed by atoms with Gasteiger partial charge in [-0.05, 0) is 24.6 Å². The Morgan fingerprint density at radius 2 is 2.24 bits per heavy atom. The Labute approximate surface area is 145 Å². The van der Waals surface area contributed by atoms with Gasteiger partial charge in [0.2, 0.25) is 11.6 Å². The number of guanidine groups is 1. The van der Waals surface area contributed by atoms with E-state index in [1.54, 1.807) is 13.2 Å². The molecule has 8 heteroatoms. The molecule has 0 bridgehead atoms. The highest BCUT2D eigenvalue weighted by Crippen LogP contribution is 2.35. The van der Waals surface area contributed by atoms with E-state index in [0.717, 1.165) is 16.8 Å². The number of nitrogens with one attached hydrogen (secondary N) is 1. The molecule has 0 fully saturated rings. The van der Waals surface area contributed by atoms with Crippen molar-refractivity contribution in [3.63, 3.8) is 0 Å². The molecule has 0 unspecified atom stereocenters. The van der Waals surface area contributed by atoms with Gasteiger partial charge in [0, 0.05) is 19.8 Å². The lowest BCUT2D eigenvalue weighted by molar-refractivity contribution is -0.128. The number of rotatable bonds is 4. The number of carbonyl (C=O) groups is 1. The lowest BCUT2D eigenvalue weighted by Gasteiger charge is -2.34. The van der Waals surface area contributed by atoms with Crippen molar-refractivity contribution < 1.29 is 14.7 Å². The number of amides is 1. The van der Waals surface area contributed by atoms with E-state index in [1.807, 2.05) is 32.2 Å². The molecule has 0 spiro atoms. The summed E-state index contributed by atoms with van der Waals surface area (Å²) in [6.07, 6.45) is 3.30. The quantitative estimate of drug-likeness (QED) is 0.659. The van der Waals surface area contributed by atoms with Crippen LogP contribution in [-0.4, -0.2) is 41.7 Å². The largest absolute Gasteiger partial charge is 0.387 e. The normalized spacial score (nSPS) is 20.4. The molecule has 130 valence electrons. The van der Waals surface area contributed by atoms with E-state index in [2.05, 4.69) is 15.5 Å². The third kappa shape index (κ3) is 2.86. The molecular weight excluding hydrogens is 320 g/mol. The third-order valence-electron chi connectivity index (χ3n) is 4.52. The van der Waals surface area contributed by atoms with Crippen LogP contribution in [0.1, 0.15) is 30.0 Å². The standard InChI is InChI=1S/C17H20N6O2/c1-17(7-14(24)23(3)16(19)22-17)11-4-5-12(13(6-11)20-2)15(18)10-8-21-25-9-10/h4-6,8-9,18,20H,7H2,1-3H3,(H2,19,22)/p+1/t17-/m0/s1. The molecule has 2 heterocycles. The number of aliphatic imine (C=N–C) groups is 1. The zero-order chi connectivity index (χ0) is 18.2. The van der Waals surface area contributed by atoms with E-state index in [1.165, 1.54) is 11.2 Å². The number of anilines is 1. The fraction of sp³-hybridized carbons (Fsp3) is 0.294. The van der Waals surface area contributed by atoms with Crippen molar-refractivity contribution in [2.45, 2.75) is 18.9 Å². The summed E-state index contributed by atoms with van der Waals surface area (Å²) in [4.78, 5) is 18.1. The van der Waals surface area contributed by atoms with Gasteiger partial charge in [-0.2, -0.15) is 0 Å². The molecule has 3 rings (SSSR count). The molecule has 8 nitrogen and oxygen atoms in total. The molecule has 1 aliphatic rings. The van der Waals surface area contributed by atoms with E-state index >= 15 is 0 Å². The van der Waals surface area contributed by atoms with Crippen molar-refractivity contribution in [3.8, 4) is 0 Å². The Morgan fingerprint density at radius 1 is 1.48 bits per heavy atom. The maximum atomic E-state index is 12.2. The van der Waals surface area contributed by atoms with Crippen LogP contribution in [0, 0.1) is 0 Å². The van der Waals surface area contributed by atoms with Crippen molar-refractivity contribution in [3.05, 3.63) is 47.3 Å². The highest BCUT2D eigenvalue weighted by atomic mass is 16.5. The summed E-state index contributed by atoms with van der Waals surface area (Å²) in [5.41, 5.74) is 8.93. The van der Waals surface area contributed by atoms with Crippen LogP contribution in [0.5, 0.6) is 0 Å². The van der Waals surface area contributed by atoms with Gasteiger partial charge in [0.25, 0.3) is 0 Å². The Morgan fingerprint density at radius 3 is 2.84 bits per heavy atom. The average molecular weight is 341 g/mol. The Balaban J connectivity index is 2.03. The van der Waals surface area contributed by atoms with Gasteiger partial charge in [-0.25, -0.2) is 4.99 Å². The van der Waals surface area contributed by atoms with Crippen molar-refractivity contribution in [1.82, 2.24) is 10.1 Å². The van der Waals surface area contributed by atoms with Crippen LogP contribution in [0.15, 0.2) is 40.2 Å². The van der Waals surface area contributed by atoms with Crippen molar-refractivity contribution in [1.29, 1.82) is 0 Å². The van der Waals surface area contributed by atoms with Gasteiger partial charge in [-0.3, -0.25) is 15.1 Å². The minimum absolute atomic E-state index is 0.0689. The molecule has 0 saturated carbocycles. The topological polar surface area (TPSA) is 122 Å². The maximum absolute atomic E-state index is 12.2. The van der Waals surface area contributed by atoms with Gasteiger partial charge >= 0.3 is 0 Å². The number of benzene rings is 1. The molecule has 0 radical (unpaired) electrons. The first-order valence-electron chi connectivity index (χ1n) is 7.82. The van der Waals surface area contributed by atoms with Gasteiger partial charge in [0.1, 0.15) is 11.8 Å². The molecular formula is C17H21N6O2+. The highest BCUT2D eigenvalue weighted by Gasteiger charge is 2.36. The van der Waals surface area contributed by atoms with E-state index in [4.69, 9.17) is 15.7 Å². The van der Waals surface area contributed by atoms with Crippen LogP contribution in [-0.2, 0) is 10.3 Å². The number of nitrogens with two attached hydrogens (primary N) is 2. The molecule has 2 aromatic rings. The predicted molar refractivity (Wildman–Crippen MR) is 94.0 cm³/mol. The number of aromatic nitrogens is 1. The number of carbonyl (C=O) groups excluding carboxylic acids is 1. The van der Waals surface area contributed by atoms with Gasteiger partial charge in [-0.15, -0.1) is 0 Å². The van der Waals surface area contributed by atoms with Crippen LogP contribution in [0.3, 0.4) is 0 Å². The zero-order valence-electron chi connectivity index (χ0n) is 14.4. The fourth-order valence-corrected chi connectivity index (χ4v) is 2.89. The van der Waals surface area contributed by atoms with E-state index in [-0.39, 0.29) is 18.3 Å². The van der Waals surface area contributed by atoms with Crippen LogP contribution < -0.4 is 16.5 Å². The zero-order valence-corrected chi connectivity index (χ0v) is 14.4. The smallest absolute Gasteiger partial charge is 0.231 e. The van der Waals surface area contributed by atoms with E-state index in [0.29, 0.717) is 11.3 Å². The molecule has 0 aliphatic carbocycles. The second-order valence-electron chi connectivity index (χ2n) is 6.21. The second-order valence-corrected chi connectivity index (χ2v) is 6.21. The lowest BCUT2D eigenvalue weighted by Crippen LogP contribution is -2.47. The van der Waals surface area contributed by atoms with E-state index < -0.39 is 5.54 Å². The third-order valence-corrected chi connectivity index (χ3v) is 4.52. The number of nitrogens with zero attached hydrogens (tertiary/aromatic N) is 3. The molecule has 0 saturated heterocycles. The molecule has 1 amide bonds. The predicted octanol–water partition coefficient (Wildman–Crippen LogP) is -0.295. The minimum Gasteiger partial charge on any atom is -0.387 e. The van der Waals surface area contributed by atoms with Crippen LogP contribution >= 0.6 is 0 Å². The van der Waals surface area contributed by atoms with Crippen molar-refractivity contribution in [2.75, 3.05) is 19.4 Å². The summed E-state index contributed by atoms with van der Waals surface area (Å²) in [6, 6.07) is 5.74.